The third-order valence-corrected chi connectivity index (χ3v) is 5.15. The highest BCUT2D eigenvalue weighted by Crippen LogP contribution is 2.36. The number of carbonyl (C=O) groups excluding carboxylic acids is 1. The van der Waals surface area contributed by atoms with Gasteiger partial charge in [-0.15, -0.1) is 0 Å². The Labute approximate surface area is 117 Å². The molecule has 110 valence electrons. The fourth-order valence-electron chi connectivity index (χ4n) is 3.73. The molecule has 0 aliphatic heterocycles. The number of nitrogens with two attached hydrogens (primary N) is 1. The van der Waals surface area contributed by atoms with Gasteiger partial charge in [-0.25, -0.2) is 0 Å². The van der Waals surface area contributed by atoms with Crippen molar-refractivity contribution in [2.45, 2.75) is 77.2 Å². The quantitative estimate of drug-likeness (QED) is 0.803. The van der Waals surface area contributed by atoms with E-state index in [1.165, 1.54) is 57.8 Å². The highest BCUT2D eigenvalue weighted by Gasteiger charge is 2.30. The lowest BCUT2D eigenvalue weighted by Crippen LogP contribution is -2.45. The lowest BCUT2D eigenvalue weighted by molar-refractivity contribution is -0.123. The van der Waals surface area contributed by atoms with E-state index in [1.807, 2.05) is 0 Å². The first-order valence-corrected chi connectivity index (χ1v) is 8.12. The molecule has 2 aliphatic carbocycles. The molecule has 2 aliphatic rings. The maximum absolute atomic E-state index is 12.1. The molecule has 0 spiro atoms. The minimum atomic E-state index is -0.298. The fourth-order valence-corrected chi connectivity index (χ4v) is 3.73. The lowest BCUT2D eigenvalue weighted by Gasteiger charge is -2.27. The van der Waals surface area contributed by atoms with Gasteiger partial charge in [0.2, 0.25) is 5.91 Å². The first-order chi connectivity index (χ1) is 9.09. The van der Waals surface area contributed by atoms with E-state index >= 15 is 0 Å². The zero-order chi connectivity index (χ0) is 13.7. The first-order valence-electron chi connectivity index (χ1n) is 8.12. The minimum Gasteiger partial charge on any atom is -0.354 e. The van der Waals surface area contributed by atoms with Crippen molar-refractivity contribution < 1.29 is 4.79 Å². The molecule has 2 saturated carbocycles. The van der Waals surface area contributed by atoms with Crippen molar-refractivity contribution in [3.8, 4) is 0 Å². The van der Waals surface area contributed by atoms with Crippen LogP contribution in [0.4, 0.5) is 0 Å². The zero-order valence-corrected chi connectivity index (χ0v) is 12.4. The lowest BCUT2D eigenvalue weighted by atomic mass is 9.84. The highest BCUT2D eigenvalue weighted by molar-refractivity contribution is 5.81. The van der Waals surface area contributed by atoms with Gasteiger partial charge in [0, 0.05) is 6.54 Å². The van der Waals surface area contributed by atoms with Crippen molar-refractivity contribution in [2.24, 2.45) is 17.1 Å². The first kappa shape index (κ1) is 14.8. The van der Waals surface area contributed by atoms with E-state index < -0.39 is 0 Å². The molecule has 2 fully saturated rings. The third-order valence-electron chi connectivity index (χ3n) is 5.15. The maximum Gasteiger partial charge on any atom is 0.236 e. The summed E-state index contributed by atoms with van der Waals surface area (Å²) in [5.41, 5.74) is 6.38. The van der Waals surface area contributed by atoms with Gasteiger partial charge in [-0.1, -0.05) is 51.9 Å². The fraction of sp³-hybridized carbons (Fsp3) is 0.938. The number of hydrogen-bond donors (Lipinski definition) is 2. The second-order valence-corrected chi connectivity index (χ2v) is 7.08. The topological polar surface area (TPSA) is 55.1 Å². The average molecular weight is 266 g/mol. The molecule has 0 aromatic rings. The molecule has 1 unspecified atom stereocenters. The van der Waals surface area contributed by atoms with Crippen LogP contribution in [-0.2, 0) is 4.79 Å². The van der Waals surface area contributed by atoms with Crippen LogP contribution in [0.1, 0.15) is 71.1 Å². The summed E-state index contributed by atoms with van der Waals surface area (Å²) in [5.74, 6) is 0.746. The molecular formula is C16H30N2O. The largest absolute Gasteiger partial charge is 0.354 e. The second-order valence-electron chi connectivity index (χ2n) is 7.08. The van der Waals surface area contributed by atoms with Gasteiger partial charge in [0.1, 0.15) is 0 Å². The molecule has 1 amide bonds. The number of rotatable bonds is 5. The van der Waals surface area contributed by atoms with Crippen LogP contribution in [0.5, 0.6) is 0 Å². The minimum absolute atomic E-state index is 0.0682. The van der Waals surface area contributed by atoms with Crippen LogP contribution in [0, 0.1) is 11.3 Å². The van der Waals surface area contributed by atoms with E-state index in [0.29, 0.717) is 11.3 Å². The van der Waals surface area contributed by atoms with Gasteiger partial charge in [-0.2, -0.15) is 0 Å². The van der Waals surface area contributed by atoms with Crippen LogP contribution in [-0.4, -0.2) is 18.5 Å². The second kappa shape index (κ2) is 6.74. The summed E-state index contributed by atoms with van der Waals surface area (Å²) in [5, 5.41) is 3.09. The van der Waals surface area contributed by atoms with E-state index in [2.05, 4.69) is 12.2 Å². The smallest absolute Gasteiger partial charge is 0.236 e. The van der Waals surface area contributed by atoms with E-state index in [1.54, 1.807) is 0 Å². The van der Waals surface area contributed by atoms with Crippen molar-refractivity contribution in [2.75, 3.05) is 6.54 Å². The van der Waals surface area contributed by atoms with E-state index in [0.717, 1.165) is 13.0 Å². The van der Waals surface area contributed by atoms with Crippen molar-refractivity contribution in [3.05, 3.63) is 0 Å². The summed E-state index contributed by atoms with van der Waals surface area (Å²) in [6.45, 7) is 3.09. The van der Waals surface area contributed by atoms with Crippen LogP contribution < -0.4 is 11.1 Å². The van der Waals surface area contributed by atoms with Gasteiger partial charge in [0.15, 0.2) is 0 Å². The van der Waals surface area contributed by atoms with Crippen LogP contribution in [0.15, 0.2) is 0 Å². The Morgan fingerprint density at radius 3 is 2.47 bits per heavy atom. The Kier molecular flexibility index (Phi) is 5.26. The van der Waals surface area contributed by atoms with Crippen LogP contribution in [0.3, 0.4) is 0 Å². The zero-order valence-electron chi connectivity index (χ0n) is 12.4. The Morgan fingerprint density at radius 1 is 1.21 bits per heavy atom. The molecule has 2 rings (SSSR count). The van der Waals surface area contributed by atoms with Gasteiger partial charge in [-0.05, 0) is 30.6 Å². The molecule has 3 heteroatoms. The summed E-state index contributed by atoms with van der Waals surface area (Å²) in [4.78, 5) is 12.1. The van der Waals surface area contributed by atoms with Gasteiger partial charge in [-0.3, -0.25) is 4.79 Å². The molecule has 0 bridgehead atoms. The molecule has 0 aromatic carbocycles. The number of hydrogen-bond acceptors (Lipinski definition) is 2. The molecule has 0 radical (unpaired) electrons. The maximum atomic E-state index is 12.1. The standard InChI is InChI=1S/C16H30N2O/c1-16(9-5-6-10-16)12-18-15(19)14(17)11-13-7-3-2-4-8-13/h13-14H,2-12,17H2,1H3,(H,18,19). The SMILES string of the molecule is CC1(CNC(=O)C(N)CC2CCCCC2)CCCC1. The molecule has 3 N–H and O–H groups in total. The number of nitrogens with one attached hydrogen (secondary N) is 1. The Balaban J connectivity index is 1.69. The predicted molar refractivity (Wildman–Crippen MR) is 78.8 cm³/mol. The molecule has 19 heavy (non-hydrogen) atoms. The molecule has 1 atom stereocenters. The van der Waals surface area contributed by atoms with Gasteiger partial charge < -0.3 is 11.1 Å². The number of amides is 1. The van der Waals surface area contributed by atoms with Crippen molar-refractivity contribution in [1.29, 1.82) is 0 Å². The van der Waals surface area contributed by atoms with E-state index in [9.17, 15) is 4.79 Å². The Bertz CT molecular complexity index is 291. The van der Waals surface area contributed by atoms with Crippen LogP contribution in [0.25, 0.3) is 0 Å². The summed E-state index contributed by atoms with van der Waals surface area (Å²) in [6, 6.07) is -0.298. The summed E-state index contributed by atoms with van der Waals surface area (Å²) < 4.78 is 0. The molecular weight excluding hydrogens is 236 g/mol. The molecule has 3 nitrogen and oxygen atoms in total. The van der Waals surface area contributed by atoms with Crippen LogP contribution >= 0.6 is 0 Å². The molecule has 0 aromatic heterocycles. The number of carbonyl (C=O) groups is 1. The molecule has 0 saturated heterocycles. The summed E-state index contributed by atoms with van der Waals surface area (Å²) >= 11 is 0. The average Bonchev–Trinajstić information content (AvgIpc) is 2.84. The monoisotopic (exact) mass is 266 g/mol. The molecule has 0 heterocycles. The Morgan fingerprint density at radius 2 is 1.84 bits per heavy atom. The van der Waals surface area contributed by atoms with E-state index in [4.69, 9.17) is 5.73 Å². The van der Waals surface area contributed by atoms with Crippen molar-refractivity contribution in [1.82, 2.24) is 5.32 Å². The van der Waals surface area contributed by atoms with Gasteiger partial charge in [0.05, 0.1) is 6.04 Å². The van der Waals surface area contributed by atoms with Crippen molar-refractivity contribution >= 4 is 5.91 Å². The van der Waals surface area contributed by atoms with Gasteiger partial charge in [0.25, 0.3) is 0 Å². The van der Waals surface area contributed by atoms with Crippen LogP contribution in [0.2, 0.25) is 0 Å². The summed E-state index contributed by atoms with van der Waals surface area (Å²) in [7, 11) is 0. The summed E-state index contributed by atoms with van der Waals surface area (Å²) in [6.07, 6.45) is 12.5. The predicted octanol–water partition coefficient (Wildman–Crippen LogP) is 2.98. The third kappa shape index (κ3) is 4.48. The van der Waals surface area contributed by atoms with E-state index in [-0.39, 0.29) is 11.9 Å². The van der Waals surface area contributed by atoms with Gasteiger partial charge >= 0.3 is 0 Å². The normalized spacial score (nSPS) is 25.2. The van der Waals surface area contributed by atoms with Crippen molar-refractivity contribution in [3.63, 3.8) is 0 Å². The highest BCUT2D eigenvalue weighted by atomic mass is 16.2. The Hall–Kier alpha value is -0.570.